The molecule has 0 aromatic carbocycles. The van der Waals surface area contributed by atoms with Gasteiger partial charge >= 0.3 is 0 Å². The van der Waals surface area contributed by atoms with Crippen LogP contribution in [0.5, 0.6) is 0 Å². The van der Waals surface area contributed by atoms with Gasteiger partial charge in [-0.1, -0.05) is 11.3 Å². The molecule has 1 aliphatic rings. The first-order valence-electron chi connectivity index (χ1n) is 5.22. The van der Waals surface area contributed by atoms with Crippen molar-refractivity contribution in [1.82, 2.24) is 20.4 Å². The van der Waals surface area contributed by atoms with Gasteiger partial charge in [0.25, 0.3) is 5.91 Å². The summed E-state index contributed by atoms with van der Waals surface area (Å²) in [6, 6.07) is -0.640. The Morgan fingerprint density at radius 1 is 1.56 bits per heavy atom. The Morgan fingerprint density at radius 2 is 2.33 bits per heavy atom. The highest BCUT2D eigenvalue weighted by Gasteiger charge is 2.34. The van der Waals surface area contributed by atoms with Crippen molar-refractivity contribution in [1.29, 1.82) is 0 Å². The minimum atomic E-state index is -0.640. The molecule has 0 saturated carbocycles. The van der Waals surface area contributed by atoms with Crippen LogP contribution in [-0.4, -0.2) is 59.8 Å². The minimum absolute atomic E-state index is 0.177. The lowest BCUT2D eigenvalue weighted by atomic mass is 10.2. The monoisotopic (exact) mass is 290 g/mol. The molecule has 1 saturated heterocycles. The lowest BCUT2D eigenvalue weighted by molar-refractivity contribution is -0.130. The molecule has 0 bridgehead atoms. The van der Waals surface area contributed by atoms with E-state index in [0.29, 0.717) is 13.2 Å². The number of ether oxygens (including phenoxy) is 1. The number of nitrogens with zero attached hydrogens (tertiary/aromatic N) is 3. The van der Waals surface area contributed by atoms with E-state index in [2.05, 4.69) is 15.5 Å². The molecule has 0 spiro atoms. The molecule has 0 aliphatic carbocycles. The standard InChI is InChI=1S/C9H11ClN4O3S/c1-11-6(15)5-4-17-3-2-14(5)8(16)7-12-13-9(10)18-7/h5H,2-4H2,1H3,(H,11,15). The second-order valence-electron chi connectivity index (χ2n) is 3.56. The van der Waals surface area contributed by atoms with E-state index in [1.807, 2.05) is 0 Å². The van der Waals surface area contributed by atoms with Gasteiger partial charge in [0, 0.05) is 13.6 Å². The van der Waals surface area contributed by atoms with Gasteiger partial charge in [-0.3, -0.25) is 9.59 Å². The number of hydrogen-bond donors (Lipinski definition) is 1. The van der Waals surface area contributed by atoms with Gasteiger partial charge in [-0.05, 0) is 11.6 Å². The van der Waals surface area contributed by atoms with Crippen LogP contribution < -0.4 is 5.32 Å². The molecule has 1 atom stereocenters. The van der Waals surface area contributed by atoms with Crippen LogP contribution >= 0.6 is 22.9 Å². The zero-order valence-corrected chi connectivity index (χ0v) is 11.1. The van der Waals surface area contributed by atoms with Gasteiger partial charge in [-0.25, -0.2) is 0 Å². The van der Waals surface area contributed by atoms with Gasteiger partial charge in [0.2, 0.25) is 15.4 Å². The third-order valence-corrected chi connectivity index (χ3v) is 3.53. The fourth-order valence-corrected chi connectivity index (χ4v) is 2.43. The SMILES string of the molecule is CNC(=O)C1COCCN1C(=O)c1nnc(Cl)s1. The summed E-state index contributed by atoms with van der Waals surface area (Å²) >= 11 is 6.63. The number of morpholine rings is 1. The van der Waals surface area contributed by atoms with E-state index >= 15 is 0 Å². The molecule has 1 aromatic rings. The molecular weight excluding hydrogens is 280 g/mol. The maximum absolute atomic E-state index is 12.2. The molecule has 1 N–H and O–H groups in total. The topological polar surface area (TPSA) is 84.4 Å². The lowest BCUT2D eigenvalue weighted by Crippen LogP contribution is -2.55. The van der Waals surface area contributed by atoms with Crippen LogP contribution in [0.1, 0.15) is 9.80 Å². The molecule has 1 fully saturated rings. The average molecular weight is 291 g/mol. The first-order valence-corrected chi connectivity index (χ1v) is 6.42. The molecule has 18 heavy (non-hydrogen) atoms. The molecule has 98 valence electrons. The molecular formula is C9H11ClN4O3S. The Labute approximate surface area is 112 Å². The van der Waals surface area contributed by atoms with Crippen molar-refractivity contribution in [3.8, 4) is 0 Å². The third kappa shape index (κ3) is 2.60. The zero-order valence-electron chi connectivity index (χ0n) is 9.55. The average Bonchev–Trinajstić information content (AvgIpc) is 2.83. The Morgan fingerprint density at radius 3 is 2.94 bits per heavy atom. The van der Waals surface area contributed by atoms with Crippen molar-refractivity contribution >= 4 is 34.8 Å². The summed E-state index contributed by atoms with van der Waals surface area (Å²) in [6.07, 6.45) is 0. The molecule has 2 heterocycles. The number of hydrogen-bond acceptors (Lipinski definition) is 6. The van der Waals surface area contributed by atoms with E-state index in [4.69, 9.17) is 16.3 Å². The van der Waals surface area contributed by atoms with Gasteiger partial charge in [0.05, 0.1) is 13.2 Å². The van der Waals surface area contributed by atoms with Crippen LogP contribution in [0.3, 0.4) is 0 Å². The summed E-state index contributed by atoms with van der Waals surface area (Å²) in [6.45, 7) is 0.915. The highest BCUT2D eigenvalue weighted by atomic mass is 35.5. The molecule has 2 amide bonds. The van der Waals surface area contributed by atoms with E-state index in [1.54, 1.807) is 0 Å². The van der Waals surface area contributed by atoms with Crippen molar-refractivity contribution in [2.75, 3.05) is 26.8 Å². The Balaban J connectivity index is 2.18. The smallest absolute Gasteiger partial charge is 0.285 e. The number of aromatic nitrogens is 2. The summed E-state index contributed by atoms with van der Waals surface area (Å²) in [7, 11) is 1.52. The van der Waals surface area contributed by atoms with Crippen LogP contribution in [0.4, 0.5) is 0 Å². The van der Waals surface area contributed by atoms with Crippen LogP contribution in [0.15, 0.2) is 0 Å². The van der Waals surface area contributed by atoms with Crippen LogP contribution in [0, 0.1) is 0 Å². The summed E-state index contributed by atoms with van der Waals surface area (Å²) < 4.78 is 5.41. The quantitative estimate of drug-likeness (QED) is 0.814. The van der Waals surface area contributed by atoms with Crippen molar-refractivity contribution in [3.63, 3.8) is 0 Å². The fraction of sp³-hybridized carbons (Fsp3) is 0.556. The predicted molar refractivity (Wildman–Crippen MR) is 64.6 cm³/mol. The number of rotatable bonds is 2. The molecule has 7 nitrogen and oxygen atoms in total. The molecule has 0 radical (unpaired) electrons. The van der Waals surface area contributed by atoms with E-state index in [9.17, 15) is 9.59 Å². The number of amides is 2. The summed E-state index contributed by atoms with van der Waals surface area (Å²) in [4.78, 5) is 25.3. The first-order chi connectivity index (χ1) is 8.63. The highest BCUT2D eigenvalue weighted by Crippen LogP contribution is 2.19. The minimum Gasteiger partial charge on any atom is -0.377 e. The van der Waals surface area contributed by atoms with E-state index in [-0.39, 0.29) is 27.9 Å². The normalized spacial score (nSPS) is 19.7. The highest BCUT2D eigenvalue weighted by molar-refractivity contribution is 7.17. The Bertz CT molecular complexity index is 466. The molecule has 1 unspecified atom stereocenters. The van der Waals surface area contributed by atoms with Crippen LogP contribution in [0.2, 0.25) is 4.47 Å². The number of nitrogens with one attached hydrogen (secondary N) is 1. The molecule has 9 heteroatoms. The van der Waals surface area contributed by atoms with E-state index < -0.39 is 6.04 Å². The first kappa shape index (κ1) is 13.2. The Kier molecular flexibility index (Phi) is 4.10. The number of likely N-dealkylation sites (N-methyl/N-ethyl adjacent to an activating group) is 1. The third-order valence-electron chi connectivity index (χ3n) is 2.52. The lowest BCUT2D eigenvalue weighted by Gasteiger charge is -2.33. The van der Waals surface area contributed by atoms with Gasteiger partial charge in [-0.2, -0.15) is 0 Å². The summed E-state index contributed by atoms with van der Waals surface area (Å²) in [5.41, 5.74) is 0. The number of halogens is 1. The van der Waals surface area contributed by atoms with Crippen molar-refractivity contribution in [2.45, 2.75) is 6.04 Å². The zero-order chi connectivity index (χ0) is 13.1. The van der Waals surface area contributed by atoms with E-state index in [0.717, 1.165) is 11.3 Å². The van der Waals surface area contributed by atoms with E-state index in [1.165, 1.54) is 11.9 Å². The molecule has 1 aliphatic heterocycles. The fourth-order valence-electron chi connectivity index (χ4n) is 1.65. The second-order valence-corrected chi connectivity index (χ2v) is 5.12. The van der Waals surface area contributed by atoms with Gasteiger partial charge < -0.3 is 15.0 Å². The van der Waals surface area contributed by atoms with Crippen molar-refractivity contribution in [2.24, 2.45) is 0 Å². The predicted octanol–water partition coefficient (Wildman–Crippen LogP) is -0.222. The second kappa shape index (κ2) is 5.59. The summed E-state index contributed by atoms with van der Waals surface area (Å²) in [5.74, 6) is -0.616. The largest absolute Gasteiger partial charge is 0.377 e. The van der Waals surface area contributed by atoms with Crippen LogP contribution in [0.25, 0.3) is 0 Å². The van der Waals surface area contributed by atoms with Crippen molar-refractivity contribution in [3.05, 3.63) is 9.47 Å². The summed E-state index contributed by atoms with van der Waals surface area (Å²) in [5, 5.41) is 9.94. The molecule has 2 rings (SSSR count). The number of carbonyl (C=O) groups excluding carboxylic acids is 2. The Hall–Kier alpha value is -1.25. The van der Waals surface area contributed by atoms with Crippen LogP contribution in [-0.2, 0) is 9.53 Å². The number of carbonyl (C=O) groups is 2. The van der Waals surface area contributed by atoms with Gasteiger partial charge in [-0.15, -0.1) is 10.2 Å². The maximum atomic E-state index is 12.2. The van der Waals surface area contributed by atoms with Gasteiger partial charge in [0.1, 0.15) is 6.04 Å². The maximum Gasteiger partial charge on any atom is 0.285 e. The molecule has 1 aromatic heterocycles. The van der Waals surface area contributed by atoms with Crippen molar-refractivity contribution < 1.29 is 14.3 Å². The van der Waals surface area contributed by atoms with Gasteiger partial charge in [0.15, 0.2) is 0 Å².